The van der Waals surface area contributed by atoms with Crippen LogP contribution in [0.15, 0.2) is 12.7 Å². The maximum absolute atomic E-state index is 9.33. The molecule has 1 fully saturated rings. The van der Waals surface area contributed by atoms with Crippen LogP contribution in [0.3, 0.4) is 0 Å². The molecule has 0 radical (unpaired) electrons. The number of ether oxygens (including phenoxy) is 2. The summed E-state index contributed by atoms with van der Waals surface area (Å²) in [5.41, 5.74) is 0. The van der Waals surface area contributed by atoms with Gasteiger partial charge in [0.05, 0.1) is 6.10 Å². The Kier molecular flexibility index (Phi) is 2.56. The monoisotopic (exact) mass is 172 g/mol. The fourth-order valence-electron chi connectivity index (χ4n) is 1.37. The number of aliphatic hydroxyl groups is 1. The molecule has 12 heavy (non-hydrogen) atoms. The van der Waals surface area contributed by atoms with E-state index < -0.39 is 11.9 Å². The molecule has 3 heteroatoms. The molecule has 0 amide bonds. The van der Waals surface area contributed by atoms with E-state index in [2.05, 4.69) is 6.58 Å². The second-order valence-electron chi connectivity index (χ2n) is 3.54. The van der Waals surface area contributed by atoms with Crippen molar-refractivity contribution in [3.8, 4) is 0 Å². The highest BCUT2D eigenvalue weighted by Gasteiger charge is 2.41. The summed E-state index contributed by atoms with van der Waals surface area (Å²) in [5, 5.41) is 9.33. The molecule has 3 nitrogen and oxygen atoms in total. The van der Waals surface area contributed by atoms with Crippen LogP contribution in [0, 0.1) is 0 Å². The molecule has 1 rings (SSSR count). The second-order valence-corrected chi connectivity index (χ2v) is 3.54. The van der Waals surface area contributed by atoms with Crippen molar-refractivity contribution < 1.29 is 14.6 Å². The largest absolute Gasteiger partial charge is 0.391 e. The van der Waals surface area contributed by atoms with Gasteiger partial charge in [-0.1, -0.05) is 6.08 Å². The van der Waals surface area contributed by atoms with E-state index in [-0.39, 0.29) is 12.2 Å². The van der Waals surface area contributed by atoms with E-state index in [4.69, 9.17) is 9.47 Å². The molecule has 1 aliphatic heterocycles. The third-order valence-electron chi connectivity index (χ3n) is 1.87. The smallest absolute Gasteiger partial charge is 0.164 e. The van der Waals surface area contributed by atoms with Crippen LogP contribution in [-0.4, -0.2) is 29.2 Å². The molecule has 0 aromatic rings. The summed E-state index contributed by atoms with van der Waals surface area (Å²) in [6.45, 7) is 8.96. The maximum atomic E-state index is 9.33. The molecular weight excluding hydrogens is 156 g/mol. The number of hydrogen-bond acceptors (Lipinski definition) is 3. The summed E-state index contributed by atoms with van der Waals surface area (Å²) in [4.78, 5) is 0. The van der Waals surface area contributed by atoms with Crippen molar-refractivity contribution in [3.05, 3.63) is 12.7 Å². The zero-order valence-electron chi connectivity index (χ0n) is 7.78. The quantitative estimate of drug-likeness (QED) is 0.633. The Bertz CT molecular complexity index is 175. The van der Waals surface area contributed by atoms with Crippen LogP contribution < -0.4 is 0 Å². The molecule has 1 heterocycles. The number of hydrogen-bond donors (Lipinski definition) is 1. The lowest BCUT2D eigenvalue weighted by molar-refractivity contribution is -0.152. The fourth-order valence-corrected chi connectivity index (χ4v) is 1.37. The van der Waals surface area contributed by atoms with Crippen molar-refractivity contribution in [1.29, 1.82) is 0 Å². The van der Waals surface area contributed by atoms with Crippen molar-refractivity contribution in [3.63, 3.8) is 0 Å². The number of rotatable bonds is 2. The molecule has 1 saturated heterocycles. The minimum absolute atomic E-state index is 0.208. The van der Waals surface area contributed by atoms with Gasteiger partial charge in [0.2, 0.25) is 0 Å². The molecule has 3 atom stereocenters. The highest BCUT2D eigenvalue weighted by Crippen LogP contribution is 2.30. The third kappa shape index (κ3) is 1.86. The van der Waals surface area contributed by atoms with Crippen molar-refractivity contribution >= 4 is 0 Å². The summed E-state index contributed by atoms with van der Waals surface area (Å²) >= 11 is 0. The molecule has 0 aromatic carbocycles. The van der Waals surface area contributed by atoms with E-state index in [0.717, 1.165) is 0 Å². The summed E-state index contributed by atoms with van der Waals surface area (Å²) in [6.07, 6.45) is 0.624. The average molecular weight is 172 g/mol. The standard InChI is InChI=1S/C9H16O3/c1-5-7-8(6(2)10)12-9(3,4)11-7/h5-8,10H,1H2,2-4H3/t6-,7+,8-/m0/s1. The Labute approximate surface area is 73.0 Å². The second kappa shape index (κ2) is 3.17. The van der Waals surface area contributed by atoms with Crippen LogP contribution in [0.4, 0.5) is 0 Å². The van der Waals surface area contributed by atoms with E-state index >= 15 is 0 Å². The Morgan fingerprint density at radius 2 is 2.08 bits per heavy atom. The molecule has 0 unspecified atom stereocenters. The summed E-state index contributed by atoms with van der Waals surface area (Å²) in [6, 6.07) is 0. The van der Waals surface area contributed by atoms with Crippen molar-refractivity contribution in [2.45, 2.75) is 44.9 Å². The van der Waals surface area contributed by atoms with E-state index in [1.54, 1.807) is 13.0 Å². The zero-order valence-corrected chi connectivity index (χ0v) is 7.78. The Balaban J connectivity index is 2.69. The van der Waals surface area contributed by atoms with Gasteiger partial charge < -0.3 is 14.6 Å². The normalized spacial score (nSPS) is 36.3. The first-order valence-electron chi connectivity index (χ1n) is 4.12. The zero-order chi connectivity index (χ0) is 9.35. The lowest BCUT2D eigenvalue weighted by Gasteiger charge is -2.18. The van der Waals surface area contributed by atoms with E-state index in [1.165, 1.54) is 0 Å². The lowest BCUT2D eigenvalue weighted by atomic mass is 10.1. The minimum Gasteiger partial charge on any atom is -0.391 e. The molecule has 0 spiro atoms. The van der Waals surface area contributed by atoms with Gasteiger partial charge in [0.25, 0.3) is 0 Å². The Morgan fingerprint density at radius 3 is 2.42 bits per heavy atom. The van der Waals surface area contributed by atoms with E-state index in [1.807, 2.05) is 13.8 Å². The lowest BCUT2D eigenvalue weighted by Crippen LogP contribution is -2.32. The van der Waals surface area contributed by atoms with Gasteiger partial charge in [0.1, 0.15) is 12.2 Å². The number of aliphatic hydroxyl groups excluding tert-OH is 1. The van der Waals surface area contributed by atoms with E-state index in [0.29, 0.717) is 0 Å². The molecule has 0 saturated carbocycles. The van der Waals surface area contributed by atoms with Crippen molar-refractivity contribution in [2.24, 2.45) is 0 Å². The van der Waals surface area contributed by atoms with Crippen molar-refractivity contribution in [2.75, 3.05) is 0 Å². The van der Waals surface area contributed by atoms with Gasteiger partial charge >= 0.3 is 0 Å². The topological polar surface area (TPSA) is 38.7 Å². The summed E-state index contributed by atoms with van der Waals surface area (Å²) in [7, 11) is 0. The first-order chi connectivity index (χ1) is 5.46. The van der Waals surface area contributed by atoms with E-state index in [9.17, 15) is 5.11 Å². The van der Waals surface area contributed by atoms with Gasteiger partial charge in [-0.2, -0.15) is 0 Å². The Hall–Kier alpha value is -0.380. The van der Waals surface area contributed by atoms with Gasteiger partial charge in [-0.25, -0.2) is 0 Å². The predicted octanol–water partition coefficient (Wildman–Crippen LogP) is 1.07. The summed E-state index contributed by atoms with van der Waals surface area (Å²) in [5.74, 6) is -0.611. The van der Waals surface area contributed by atoms with Gasteiger partial charge in [-0.3, -0.25) is 0 Å². The van der Waals surface area contributed by atoms with Crippen LogP contribution in [0.2, 0.25) is 0 Å². The minimum atomic E-state index is -0.611. The van der Waals surface area contributed by atoms with Gasteiger partial charge in [0.15, 0.2) is 5.79 Å². The van der Waals surface area contributed by atoms with Crippen LogP contribution >= 0.6 is 0 Å². The SMILES string of the molecule is C=C[C@H]1OC(C)(C)O[C@H]1[C@H](C)O. The van der Waals surface area contributed by atoms with Gasteiger partial charge in [-0.05, 0) is 20.8 Å². The third-order valence-corrected chi connectivity index (χ3v) is 1.87. The first-order valence-corrected chi connectivity index (χ1v) is 4.12. The maximum Gasteiger partial charge on any atom is 0.164 e. The first kappa shape index (κ1) is 9.71. The van der Waals surface area contributed by atoms with Crippen LogP contribution in [0.5, 0.6) is 0 Å². The molecule has 1 N–H and O–H groups in total. The Morgan fingerprint density at radius 1 is 1.50 bits per heavy atom. The molecule has 0 aromatic heterocycles. The molecular formula is C9H16O3. The van der Waals surface area contributed by atoms with Crippen LogP contribution in [-0.2, 0) is 9.47 Å². The van der Waals surface area contributed by atoms with Crippen LogP contribution in [0.25, 0.3) is 0 Å². The highest BCUT2D eigenvalue weighted by molar-refractivity contribution is 4.95. The fraction of sp³-hybridized carbons (Fsp3) is 0.778. The average Bonchev–Trinajstić information content (AvgIpc) is 2.25. The van der Waals surface area contributed by atoms with Gasteiger partial charge in [-0.15, -0.1) is 6.58 Å². The van der Waals surface area contributed by atoms with Crippen molar-refractivity contribution in [1.82, 2.24) is 0 Å². The molecule has 0 bridgehead atoms. The molecule has 0 aliphatic carbocycles. The molecule has 1 aliphatic rings. The highest BCUT2D eigenvalue weighted by atomic mass is 16.8. The molecule has 70 valence electrons. The predicted molar refractivity (Wildman–Crippen MR) is 45.7 cm³/mol. The van der Waals surface area contributed by atoms with Gasteiger partial charge in [0, 0.05) is 0 Å². The summed E-state index contributed by atoms with van der Waals surface area (Å²) < 4.78 is 10.9. The van der Waals surface area contributed by atoms with Crippen LogP contribution in [0.1, 0.15) is 20.8 Å².